The molecule has 47 heavy (non-hydrogen) atoms. The fraction of sp³-hybridized carbons (Fsp3) is 0.316. The summed E-state index contributed by atoms with van der Waals surface area (Å²) in [5.41, 5.74) is 4.68. The highest BCUT2D eigenvalue weighted by Gasteiger charge is 2.36. The van der Waals surface area contributed by atoms with Crippen molar-refractivity contribution in [2.24, 2.45) is 0 Å². The first-order valence-corrected chi connectivity index (χ1v) is 18.3. The molecule has 1 aliphatic carbocycles. The Labute approximate surface area is 287 Å². The number of nitrogens with zero attached hydrogens (tertiary/aromatic N) is 2. The van der Waals surface area contributed by atoms with Gasteiger partial charge in [-0.15, -0.1) is 0 Å². The van der Waals surface area contributed by atoms with E-state index in [4.69, 9.17) is 0 Å². The fourth-order valence-corrected chi connectivity index (χ4v) is 7.78. The molecule has 2 amide bonds. The van der Waals surface area contributed by atoms with Crippen LogP contribution in [0, 0.1) is 20.8 Å². The van der Waals surface area contributed by atoms with E-state index in [1.165, 1.54) is 4.31 Å². The molecule has 1 N–H and O–H groups in total. The minimum atomic E-state index is -4.16. The lowest BCUT2D eigenvalue weighted by Crippen LogP contribution is -2.54. The van der Waals surface area contributed by atoms with E-state index in [1.807, 2.05) is 87.5 Å². The Hall–Kier alpha value is -3.95. The number of amides is 2. The van der Waals surface area contributed by atoms with Crippen molar-refractivity contribution in [1.82, 2.24) is 10.2 Å². The third-order valence-corrected chi connectivity index (χ3v) is 11.1. The number of sulfonamides is 1. The average molecular weight is 717 g/mol. The molecular weight excluding hydrogens is 674 g/mol. The lowest BCUT2D eigenvalue weighted by atomic mass is 10.0. The van der Waals surface area contributed by atoms with Gasteiger partial charge in [0.05, 0.1) is 10.6 Å². The fourth-order valence-electron chi connectivity index (χ4n) is 6.05. The van der Waals surface area contributed by atoms with Gasteiger partial charge in [-0.05, 0) is 86.2 Å². The maximum absolute atomic E-state index is 14.7. The summed E-state index contributed by atoms with van der Waals surface area (Å²) in [5.74, 6) is -0.696. The molecule has 0 spiro atoms. The number of carbonyl (C=O) groups excluding carboxylic acids is 2. The Balaban J connectivity index is 1.58. The van der Waals surface area contributed by atoms with Gasteiger partial charge < -0.3 is 10.2 Å². The molecule has 0 heterocycles. The molecule has 0 saturated heterocycles. The molecular formula is C38H42BrN3O4S. The zero-order valence-electron chi connectivity index (χ0n) is 27.2. The van der Waals surface area contributed by atoms with E-state index < -0.39 is 28.5 Å². The first-order valence-electron chi connectivity index (χ1n) is 16.1. The van der Waals surface area contributed by atoms with Crippen LogP contribution in [-0.2, 0) is 32.6 Å². The molecule has 1 saturated carbocycles. The maximum atomic E-state index is 14.7. The van der Waals surface area contributed by atoms with Gasteiger partial charge in [0, 0.05) is 23.5 Å². The lowest BCUT2D eigenvalue weighted by molar-refractivity contribution is -0.140. The lowest BCUT2D eigenvalue weighted by Gasteiger charge is -2.34. The number of halogens is 1. The molecule has 9 heteroatoms. The van der Waals surface area contributed by atoms with E-state index in [2.05, 4.69) is 21.2 Å². The summed E-state index contributed by atoms with van der Waals surface area (Å²) in [4.78, 5) is 30.5. The third-order valence-electron chi connectivity index (χ3n) is 8.76. The van der Waals surface area contributed by atoms with Gasteiger partial charge in [-0.3, -0.25) is 13.9 Å². The normalized spacial score (nSPS) is 14.0. The zero-order valence-corrected chi connectivity index (χ0v) is 29.6. The van der Waals surface area contributed by atoms with Gasteiger partial charge in [0.1, 0.15) is 12.6 Å². The van der Waals surface area contributed by atoms with Gasteiger partial charge >= 0.3 is 0 Å². The summed E-state index contributed by atoms with van der Waals surface area (Å²) >= 11 is 3.49. The Morgan fingerprint density at radius 3 is 2.13 bits per heavy atom. The van der Waals surface area contributed by atoms with Crippen LogP contribution >= 0.6 is 15.9 Å². The number of rotatable bonds is 12. The smallest absolute Gasteiger partial charge is 0.264 e. The minimum Gasteiger partial charge on any atom is -0.352 e. The van der Waals surface area contributed by atoms with E-state index in [0.29, 0.717) is 5.69 Å². The van der Waals surface area contributed by atoms with E-state index in [9.17, 15) is 18.0 Å². The van der Waals surface area contributed by atoms with Crippen molar-refractivity contribution in [2.75, 3.05) is 10.8 Å². The van der Waals surface area contributed by atoms with Crippen molar-refractivity contribution < 1.29 is 18.0 Å². The second kappa shape index (κ2) is 15.3. The highest BCUT2D eigenvalue weighted by Crippen LogP contribution is 2.29. The van der Waals surface area contributed by atoms with Gasteiger partial charge in [0.15, 0.2) is 0 Å². The summed E-state index contributed by atoms with van der Waals surface area (Å²) in [6, 6.07) is 28.6. The molecule has 4 aromatic carbocycles. The predicted octanol–water partition coefficient (Wildman–Crippen LogP) is 7.27. The molecule has 1 atom stereocenters. The zero-order chi connectivity index (χ0) is 33.6. The highest BCUT2D eigenvalue weighted by molar-refractivity contribution is 9.10. The van der Waals surface area contributed by atoms with Gasteiger partial charge in [0.25, 0.3) is 10.0 Å². The molecule has 1 unspecified atom stereocenters. The van der Waals surface area contributed by atoms with Gasteiger partial charge in [-0.1, -0.05) is 101 Å². The topological polar surface area (TPSA) is 86.8 Å². The van der Waals surface area contributed by atoms with Gasteiger partial charge in [-0.2, -0.15) is 0 Å². The van der Waals surface area contributed by atoms with E-state index in [1.54, 1.807) is 35.2 Å². The Bertz CT molecular complexity index is 1790. The van der Waals surface area contributed by atoms with Crippen molar-refractivity contribution in [3.05, 3.63) is 129 Å². The number of anilines is 1. The highest BCUT2D eigenvalue weighted by atomic mass is 79.9. The summed E-state index contributed by atoms with van der Waals surface area (Å²) in [7, 11) is -4.16. The van der Waals surface area contributed by atoms with Gasteiger partial charge in [-0.25, -0.2) is 8.42 Å². The van der Waals surface area contributed by atoms with Crippen LogP contribution < -0.4 is 9.62 Å². The summed E-state index contributed by atoms with van der Waals surface area (Å²) < 4.78 is 30.8. The van der Waals surface area contributed by atoms with Crippen molar-refractivity contribution in [1.29, 1.82) is 0 Å². The number of hydrogen-bond donors (Lipinski definition) is 1. The number of carbonyl (C=O) groups is 2. The molecule has 7 nitrogen and oxygen atoms in total. The summed E-state index contributed by atoms with van der Waals surface area (Å²) in [6.45, 7) is 5.28. The van der Waals surface area contributed by atoms with E-state index in [-0.39, 0.29) is 29.8 Å². The minimum absolute atomic E-state index is 0.0544. The average Bonchev–Trinajstić information content (AvgIpc) is 3.57. The molecule has 0 aliphatic heterocycles. The van der Waals surface area contributed by atoms with Gasteiger partial charge in [0.2, 0.25) is 11.8 Å². The molecule has 4 aromatic rings. The first kappa shape index (κ1) is 34.4. The van der Waals surface area contributed by atoms with Crippen molar-refractivity contribution >= 4 is 43.5 Å². The number of benzene rings is 4. The SMILES string of the molecule is Cc1ccc(S(=O)(=O)N(CC(=O)N(Cc2ccc(Br)cc2)C(Cc2ccccc2)C(=O)NC2CCCC2)c2cc(C)ccc2C)cc1. The standard InChI is InChI=1S/C38H42BrN3O4S/c1-27-14-21-34(22-15-27)47(45,46)42(35-23-28(2)13-16-29(35)3)26-37(43)41(25-31-17-19-32(39)20-18-31)36(24-30-9-5-4-6-10-30)38(44)40-33-11-7-8-12-33/h4-6,9-10,13-23,33,36H,7-8,11-12,24-26H2,1-3H3,(H,40,44). The molecule has 1 aliphatic rings. The summed E-state index contributed by atoms with van der Waals surface area (Å²) in [6.07, 6.45) is 4.20. The van der Waals surface area contributed by atoms with Crippen LogP contribution in [0.15, 0.2) is 106 Å². The first-order chi connectivity index (χ1) is 22.5. The predicted molar refractivity (Wildman–Crippen MR) is 191 cm³/mol. The van der Waals surface area contributed by atoms with Crippen LogP contribution in [0.3, 0.4) is 0 Å². The quantitative estimate of drug-likeness (QED) is 0.167. The molecule has 5 rings (SSSR count). The molecule has 1 fully saturated rings. The van der Waals surface area contributed by atoms with Crippen LogP contribution in [0.5, 0.6) is 0 Å². The molecule has 0 bridgehead atoms. The molecule has 246 valence electrons. The maximum Gasteiger partial charge on any atom is 0.264 e. The van der Waals surface area contributed by atoms with Crippen molar-refractivity contribution in [2.45, 2.75) is 76.4 Å². The number of nitrogens with one attached hydrogen (secondary N) is 1. The third kappa shape index (κ3) is 8.70. The van der Waals surface area contributed by atoms with Crippen molar-refractivity contribution in [3.63, 3.8) is 0 Å². The van der Waals surface area contributed by atoms with E-state index in [0.717, 1.165) is 58.0 Å². The Morgan fingerprint density at radius 2 is 1.47 bits per heavy atom. The largest absolute Gasteiger partial charge is 0.352 e. The molecule has 0 aromatic heterocycles. The summed E-state index contributed by atoms with van der Waals surface area (Å²) in [5, 5.41) is 3.22. The Morgan fingerprint density at radius 1 is 0.830 bits per heavy atom. The molecule has 0 radical (unpaired) electrons. The van der Waals surface area contributed by atoms with Crippen LogP contribution in [0.1, 0.15) is 53.5 Å². The second-order valence-electron chi connectivity index (χ2n) is 12.5. The van der Waals surface area contributed by atoms with Crippen molar-refractivity contribution in [3.8, 4) is 0 Å². The van der Waals surface area contributed by atoms with Crippen LogP contribution in [0.2, 0.25) is 0 Å². The van der Waals surface area contributed by atoms with Crippen LogP contribution in [-0.4, -0.2) is 43.8 Å². The van der Waals surface area contributed by atoms with Crippen LogP contribution in [0.4, 0.5) is 5.69 Å². The second-order valence-corrected chi connectivity index (χ2v) is 15.2. The number of aryl methyl sites for hydroxylation is 3. The Kier molecular flexibility index (Phi) is 11.2. The number of hydrogen-bond acceptors (Lipinski definition) is 4. The van der Waals surface area contributed by atoms with Crippen LogP contribution in [0.25, 0.3) is 0 Å². The monoisotopic (exact) mass is 715 g/mol. The van der Waals surface area contributed by atoms with E-state index >= 15 is 0 Å².